The molecule has 0 aromatic heterocycles. The molecule has 0 saturated carbocycles. The number of rotatable bonds is 4. The smallest absolute Gasteiger partial charge is 0.316 e. The molecule has 9 heavy (non-hydrogen) atoms. The van der Waals surface area contributed by atoms with Crippen molar-refractivity contribution in [1.29, 1.82) is 0 Å². The zero-order valence-electron chi connectivity index (χ0n) is 5.20. The summed E-state index contributed by atoms with van der Waals surface area (Å²) in [4.78, 5) is 10.2. The van der Waals surface area contributed by atoms with E-state index in [0.29, 0.717) is 6.42 Å². The molecule has 54 valence electrons. The van der Waals surface area contributed by atoms with Crippen LogP contribution in [0.25, 0.3) is 0 Å². The highest BCUT2D eigenvalue weighted by atomic mass is 32.2. The van der Waals surface area contributed by atoms with Crippen LogP contribution in [0.15, 0.2) is 0 Å². The Labute approximate surface area is 58.1 Å². The summed E-state index contributed by atoms with van der Waals surface area (Å²) in [6.07, 6.45) is 0.556. The van der Waals surface area contributed by atoms with Gasteiger partial charge in [0.05, 0.1) is 5.94 Å². The number of aliphatic hydroxyl groups excluding tert-OH is 1. The lowest BCUT2D eigenvalue weighted by atomic mass is 10.3. The molecule has 3 nitrogen and oxygen atoms in total. The van der Waals surface area contributed by atoms with E-state index in [-0.39, 0.29) is 5.94 Å². The maximum Gasteiger partial charge on any atom is 0.316 e. The van der Waals surface area contributed by atoms with E-state index in [1.54, 1.807) is 6.92 Å². The number of hydrogen-bond acceptors (Lipinski definition) is 3. The average Bonchev–Trinajstić information content (AvgIpc) is 1.82. The molecular weight excluding hydrogens is 140 g/mol. The molecule has 0 radical (unpaired) electrons. The topological polar surface area (TPSA) is 57.5 Å². The molecule has 1 atom stereocenters. The lowest BCUT2D eigenvalue weighted by Gasteiger charge is -2.04. The second-order valence-corrected chi connectivity index (χ2v) is 2.69. The van der Waals surface area contributed by atoms with Gasteiger partial charge in [0.25, 0.3) is 0 Å². The number of thioether (sulfide) groups is 1. The molecule has 0 aliphatic heterocycles. The van der Waals surface area contributed by atoms with Crippen molar-refractivity contribution < 1.29 is 15.0 Å². The summed E-state index contributed by atoms with van der Waals surface area (Å²) in [5.41, 5.74) is 0. The Balaban J connectivity index is 3.54. The van der Waals surface area contributed by atoms with Gasteiger partial charge >= 0.3 is 5.97 Å². The molecule has 2 N–H and O–H groups in total. The standard InChI is InChI=1S/C5H10O3S/c1-2-4(5(7)8)9-3-6/h4,6H,2-3H2,1H3,(H,7,8). The van der Waals surface area contributed by atoms with Gasteiger partial charge in [-0.1, -0.05) is 6.92 Å². The van der Waals surface area contributed by atoms with Crippen LogP contribution in [-0.4, -0.2) is 27.4 Å². The molecule has 0 aliphatic carbocycles. The van der Waals surface area contributed by atoms with Crippen LogP contribution in [0, 0.1) is 0 Å². The van der Waals surface area contributed by atoms with Crippen molar-refractivity contribution in [1.82, 2.24) is 0 Å². The first-order valence-corrected chi connectivity index (χ1v) is 3.72. The summed E-state index contributed by atoms with van der Waals surface area (Å²) in [5.74, 6) is -0.971. The highest BCUT2D eigenvalue weighted by molar-refractivity contribution is 8.00. The Kier molecular flexibility index (Phi) is 4.53. The van der Waals surface area contributed by atoms with Gasteiger partial charge in [0.1, 0.15) is 5.25 Å². The van der Waals surface area contributed by atoms with Crippen molar-refractivity contribution in [3.8, 4) is 0 Å². The Hall–Kier alpha value is -0.220. The van der Waals surface area contributed by atoms with Crippen LogP contribution < -0.4 is 0 Å². The third kappa shape index (κ3) is 3.37. The van der Waals surface area contributed by atoms with Gasteiger partial charge < -0.3 is 10.2 Å². The van der Waals surface area contributed by atoms with Crippen LogP contribution in [0.4, 0.5) is 0 Å². The third-order valence-corrected chi connectivity index (χ3v) is 2.01. The fourth-order valence-electron chi connectivity index (χ4n) is 0.454. The largest absolute Gasteiger partial charge is 0.480 e. The maximum atomic E-state index is 10.2. The predicted octanol–water partition coefficient (Wildman–Crippen LogP) is 0.533. The summed E-state index contributed by atoms with van der Waals surface area (Å²) in [7, 11) is 0. The molecule has 0 rings (SSSR count). The van der Waals surface area contributed by atoms with Gasteiger partial charge in [-0.3, -0.25) is 4.79 Å². The van der Waals surface area contributed by atoms with E-state index in [2.05, 4.69) is 0 Å². The zero-order chi connectivity index (χ0) is 7.28. The van der Waals surface area contributed by atoms with E-state index in [1.807, 2.05) is 0 Å². The molecule has 0 bridgehead atoms. The van der Waals surface area contributed by atoms with Crippen LogP contribution in [0.2, 0.25) is 0 Å². The van der Waals surface area contributed by atoms with Gasteiger partial charge in [-0.05, 0) is 6.42 Å². The minimum atomic E-state index is -0.850. The van der Waals surface area contributed by atoms with Crippen molar-refractivity contribution in [2.45, 2.75) is 18.6 Å². The highest BCUT2D eigenvalue weighted by Crippen LogP contribution is 2.12. The third-order valence-electron chi connectivity index (χ3n) is 0.922. The molecule has 0 aliphatic rings. The number of carboxylic acids is 1. The summed E-state index contributed by atoms with van der Waals surface area (Å²) < 4.78 is 0. The SMILES string of the molecule is CCC(SCO)C(=O)O. The number of carbonyl (C=O) groups is 1. The minimum absolute atomic E-state index is 0.120. The van der Waals surface area contributed by atoms with Crippen LogP contribution in [0.3, 0.4) is 0 Å². The van der Waals surface area contributed by atoms with Gasteiger partial charge in [-0.15, -0.1) is 11.8 Å². The molecule has 0 spiro atoms. The van der Waals surface area contributed by atoms with Gasteiger partial charge in [0.15, 0.2) is 0 Å². The predicted molar refractivity (Wildman–Crippen MR) is 36.4 cm³/mol. The first-order valence-electron chi connectivity index (χ1n) is 2.67. The summed E-state index contributed by atoms with van der Waals surface area (Å²) in [6, 6.07) is 0. The average molecular weight is 150 g/mol. The van der Waals surface area contributed by atoms with E-state index >= 15 is 0 Å². The lowest BCUT2D eigenvalue weighted by molar-refractivity contribution is -0.136. The van der Waals surface area contributed by atoms with Crippen molar-refractivity contribution in [3.05, 3.63) is 0 Å². The first-order chi connectivity index (χ1) is 4.22. The van der Waals surface area contributed by atoms with E-state index in [0.717, 1.165) is 11.8 Å². The van der Waals surface area contributed by atoms with Crippen LogP contribution >= 0.6 is 11.8 Å². The highest BCUT2D eigenvalue weighted by Gasteiger charge is 2.13. The van der Waals surface area contributed by atoms with Gasteiger partial charge in [-0.2, -0.15) is 0 Å². The van der Waals surface area contributed by atoms with Crippen molar-refractivity contribution in [2.75, 3.05) is 5.94 Å². The minimum Gasteiger partial charge on any atom is -0.480 e. The van der Waals surface area contributed by atoms with Crippen molar-refractivity contribution >= 4 is 17.7 Å². The van der Waals surface area contributed by atoms with E-state index < -0.39 is 11.2 Å². The molecule has 4 heteroatoms. The summed E-state index contributed by atoms with van der Waals surface area (Å²) in [5, 5.41) is 16.2. The Morgan fingerprint density at radius 3 is 2.44 bits per heavy atom. The van der Waals surface area contributed by atoms with Crippen LogP contribution in [-0.2, 0) is 4.79 Å². The summed E-state index contributed by atoms with van der Waals surface area (Å²) >= 11 is 1.04. The van der Waals surface area contributed by atoms with E-state index in [9.17, 15) is 4.79 Å². The zero-order valence-corrected chi connectivity index (χ0v) is 6.02. The van der Waals surface area contributed by atoms with Crippen LogP contribution in [0.1, 0.15) is 13.3 Å². The second-order valence-electron chi connectivity index (χ2n) is 1.53. The molecule has 0 fully saturated rings. The number of carboxylic acid groups (broad SMARTS) is 1. The molecule has 1 unspecified atom stereocenters. The van der Waals surface area contributed by atoms with E-state index in [1.165, 1.54) is 0 Å². The fraction of sp³-hybridized carbons (Fsp3) is 0.800. The van der Waals surface area contributed by atoms with E-state index in [4.69, 9.17) is 10.2 Å². The molecule has 0 heterocycles. The fourth-order valence-corrected chi connectivity index (χ4v) is 1.01. The molecule has 0 saturated heterocycles. The Morgan fingerprint density at radius 2 is 2.33 bits per heavy atom. The van der Waals surface area contributed by atoms with Gasteiger partial charge in [0.2, 0.25) is 0 Å². The maximum absolute atomic E-state index is 10.2. The number of aliphatic hydroxyl groups is 1. The quantitative estimate of drug-likeness (QED) is 0.574. The molecule has 0 amide bonds. The van der Waals surface area contributed by atoms with Crippen molar-refractivity contribution in [3.63, 3.8) is 0 Å². The monoisotopic (exact) mass is 150 g/mol. The molecule has 0 aromatic rings. The number of aliphatic carboxylic acids is 1. The summed E-state index contributed by atoms with van der Waals surface area (Å²) in [6.45, 7) is 1.78. The first kappa shape index (κ1) is 8.78. The molecule has 0 aromatic carbocycles. The normalized spacial score (nSPS) is 13.1. The van der Waals surface area contributed by atoms with Crippen LogP contribution in [0.5, 0.6) is 0 Å². The Morgan fingerprint density at radius 1 is 1.78 bits per heavy atom. The lowest BCUT2D eigenvalue weighted by Crippen LogP contribution is -2.15. The van der Waals surface area contributed by atoms with Gasteiger partial charge in [-0.25, -0.2) is 0 Å². The van der Waals surface area contributed by atoms with Crippen molar-refractivity contribution in [2.24, 2.45) is 0 Å². The number of hydrogen-bond donors (Lipinski definition) is 2. The Bertz CT molecular complexity index is 94.2. The second kappa shape index (κ2) is 4.64. The van der Waals surface area contributed by atoms with Gasteiger partial charge in [0, 0.05) is 0 Å². The molecular formula is C5H10O3S.